The van der Waals surface area contributed by atoms with Gasteiger partial charge in [-0.3, -0.25) is 14.5 Å². The number of aromatic amines is 1. The van der Waals surface area contributed by atoms with E-state index in [2.05, 4.69) is 22.1 Å². The molecule has 0 spiro atoms. The number of nitrogens with one attached hydrogen (secondary N) is 2. The molecular weight excluding hydrogens is 254 g/mol. The van der Waals surface area contributed by atoms with E-state index in [9.17, 15) is 9.59 Å². The Morgan fingerprint density at radius 2 is 2.10 bits per heavy atom. The Balaban J connectivity index is 1.89. The molecule has 1 fully saturated rings. The molecule has 1 amide bonds. The maximum Gasteiger partial charge on any atom is 0.256 e. The van der Waals surface area contributed by atoms with Crippen molar-refractivity contribution in [2.75, 3.05) is 19.6 Å². The molecule has 5 nitrogen and oxygen atoms in total. The molecule has 1 aromatic heterocycles. The normalized spacial score (nSPS) is 17.7. The molecule has 5 heteroatoms. The molecule has 110 valence electrons. The molecule has 1 aromatic rings. The van der Waals surface area contributed by atoms with E-state index in [1.54, 1.807) is 6.92 Å². The van der Waals surface area contributed by atoms with Crippen LogP contribution in [0.2, 0.25) is 0 Å². The summed E-state index contributed by atoms with van der Waals surface area (Å²) >= 11 is 0. The number of hydrogen-bond donors (Lipinski definition) is 2. The third kappa shape index (κ3) is 3.70. The van der Waals surface area contributed by atoms with Crippen LogP contribution >= 0.6 is 0 Å². The van der Waals surface area contributed by atoms with Crippen LogP contribution in [0, 0.1) is 6.92 Å². The van der Waals surface area contributed by atoms with Crippen LogP contribution in [0.5, 0.6) is 0 Å². The van der Waals surface area contributed by atoms with Crippen molar-refractivity contribution in [3.63, 3.8) is 0 Å². The first kappa shape index (κ1) is 14.8. The van der Waals surface area contributed by atoms with E-state index in [0.29, 0.717) is 12.6 Å². The molecule has 1 atom stereocenters. The highest BCUT2D eigenvalue weighted by Gasteiger charge is 2.18. The number of aryl methyl sites for hydroxylation is 1. The highest BCUT2D eigenvalue weighted by Crippen LogP contribution is 2.11. The minimum absolute atomic E-state index is 0.182. The molecule has 1 saturated heterocycles. The molecule has 1 aliphatic heterocycles. The summed E-state index contributed by atoms with van der Waals surface area (Å²) in [7, 11) is 0. The van der Waals surface area contributed by atoms with E-state index in [0.717, 1.165) is 18.8 Å². The predicted octanol–water partition coefficient (Wildman–Crippen LogP) is 1.29. The molecular formula is C15H23N3O2. The molecule has 0 aromatic carbocycles. The average molecular weight is 277 g/mol. The van der Waals surface area contributed by atoms with Crippen molar-refractivity contribution in [2.24, 2.45) is 0 Å². The zero-order valence-corrected chi connectivity index (χ0v) is 12.2. The Kier molecular flexibility index (Phi) is 4.95. The zero-order valence-electron chi connectivity index (χ0n) is 12.2. The second-order valence-electron chi connectivity index (χ2n) is 5.55. The Hall–Kier alpha value is -1.62. The Bertz CT molecular complexity index is 518. The van der Waals surface area contributed by atoms with Crippen molar-refractivity contribution in [3.05, 3.63) is 33.7 Å². The minimum atomic E-state index is -0.296. The maximum absolute atomic E-state index is 12.0. The lowest BCUT2D eigenvalue weighted by Gasteiger charge is -2.32. The highest BCUT2D eigenvalue weighted by atomic mass is 16.2. The number of carbonyl (C=O) groups excluding carboxylic acids is 1. The molecule has 0 bridgehead atoms. The van der Waals surface area contributed by atoms with Crippen LogP contribution in [-0.2, 0) is 0 Å². The van der Waals surface area contributed by atoms with Crippen molar-refractivity contribution < 1.29 is 4.79 Å². The van der Waals surface area contributed by atoms with E-state index in [-0.39, 0.29) is 16.9 Å². The quantitative estimate of drug-likeness (QED) is 0.871. The standard InChI is InChI=1S/C15H23N3O2/c1-11-8-14(19)13(10-16-11)15(20)17-9-12(2)18-6-4-3-5-7-18/h8,10,12H,3-7,9H2,1-2H3,(H,16,19)(H,17,20). The van der Waals surface area contributed by atoms with E-state index < -0.39 is 0 Å². The van der Waals surface area contributed by atoms with Gasteiger partial charge in [-0.25, -0.2) is 0 Å². The van der Waals surface area contributed by atoms with Gasteiger partial charge >= 0.3 is 0 Å². The SMILES string of the molecule is Cc1cc(=O)c(C(=O)NCC(C)N2CCCCC2)c[nH]1. The molecule has 2 N–H and O–H groups in total. The zero-order chi connectivity index (χ0) is 14.5. The van der Waals surface area contributed by atoms with Crippen LogP contribution in [0.25, 0.3) is 0 Å². The van der Waals surface area contributed by atoms with Crippen molar-refractivity contribution in [1.82, 2.24) is 15.2 Å². The first-order valence-electron chi connectivity index (χ1n) is 7.29. The number of aromatic nitrogens is 1. The molecule has 20 heavy (non-hydrogen) atoms. The van der Waals surface area contributed by atoms with Gasteiger partial charge in [0.05, 0.1) is 0 Å². The summed E-state index contributed by atoms with van der Waals surface area (Å²) in [6.07, 6.45) is 5.25. The number of amides is 1. The van der Waals surface area contributed by atoms with Gasteiger partial charge < -0.3 is 10.3 Å². The van der Waals surface area contributed by atoms with Crippen LogP contribution < -0.4 is 10.7 Å². The van der Waals surface area contributed by atoms with Crippen LogP contribution in [-0.4, -0.2) is 41.5 Å². The van der Waals surface area contributed by atoms with Crippen molar-refractivity contribution >= 4 is 5.91 Å². The van der Waals surface area contributed by atoms with Crippen LogP contribution in [0.1, 0.15) is 42.2 Å². The largest absolute Gasteiger partial charge is 0.364 e. The summed E-state index contributed by atoms with van der Waals surface area (Å²) in [6, 6.07) is 1.76. The molecule has 2 rings (SSSR count). The fourth-order valence-electron chi connectivity index (χ4n) is 2.57. The third-order valence-corrected chi connectivity index (χ3v) is 3.87. The number of hydrogen-bond acceptors (Lipinski definition) is 3. The van der Waals surface area contributed by atoms with Crippen molar-refractivity contribution in [1.29, 1.82) is 0 Å². The number of nitrogens with zero attached hydrogens (tertiary/aromatic N) is 1. The van der Waals surface area contributed by atoms with Crippen molar-refractivity contribution in [3.8, 4) is 0 Å². The summed E-state index contributed by atoms with van der Waals surface area (Å²) in [4.78, 5) is 29.0. The van der Waals surface area contributed by atoms with Gasteiger partial charge in [-0.2, -0.15) is 0 Å². The van der Waals surface area contributed by atoms with Crippen LogP contribution in [0.15, 0.2) is 17.1 Å². The van der Waals surface area contributed by atoms with Gasteiger partial charge in [0.1, 0.15) is 5.56 Å². The van der Waals surface area contributed by atoms with E-state index in [4.69, 9.17) is 0 Å². The monoisotopic (exact) mass is 277 g/mol. The molecule has 0 radical (unpaired) electrons. The van der Waals surface area contributed by atoms with Gasteiger partial charge in [0, 0.05) is 30.5 Å². The smallest absolute Gasteiger partial charge is 0.256 e. The molecule has 0 aliphatic carbocycles. The minimum Gasteiger partial charge on any atom is -0.364 e. The molecule has 0 saturated carbocycles. The third-order valence-electron chi connectivity index (χ3n) is 3.87. The summed E-state index contributed by atoms with van der Waals surface area (Å²) in [5.41, 5.74) is 0.707. The van der Waals surface area contributed by atoms with Gasteiger partial charge in [-0.1, -0.05) is 6.42 Å². The fraction of sp³-hybridized carbons (Fsp3) is 0.600. The maximum atomic E-state index is 12.0. The number of pyridine rings is 1. The van der Waals surface area contributed by atoms with Gasteiger partial charge in [0.15, 0.2) is 5.43 Å². The second-order valence-corrected chi connectivity index (χ2v) is 5.55. The van der Waals surface area contributed by atoms with Crippen molar-refractivity contribution in [2.45, 2.75) is 39.2 Å². The Morgan fingerprint density at radius 1 is 1.40 bits per heavy atom. The van der Waals surface area contributed by atoms with Gasteiger partial charge in [0.2, 0.25) is 0 Å². The average Bonchev–Trinajstić information content (AvgIpc) is 2.45. The first-order valence-corrected chi connectivity index (χ1v) is 7.29. The van der Waals surface area contributed by atoms with E-state index in [1.165, 1.54) is 31.5 Å². The number of H-pyrrole nitrogens is 1. The number of likely N-dealkylation sites (tertiary alicyclic amines) is 1. The molecule has 2 heterocycles. The Morgan fingerprint density at radius 3 is 2.75 bits per heavy atom. The van der Waals surface area contributed by atoms with E-state index in [1.807, 2.05) is 0 Å². The van der Waals surface area contributed by atoms with E-state index >= 15 is 0 Å². The highest BCUT2D eigenvalue weighted by molar-refractivity contribution is 5.93. The number of carbonyl (C=O) groups is 1. The fourth-order valence-corrected chi connectivity index (χ4v) is 2.57. The molecule has 1 unspecified atom stereocenters. The lowest BCUT2D eigenvalue weighted by atomic mass is 10.1. The summed E-state index contributed by atoms with van der Waals surface area (Å²) in [5, 5.41) is 2.86. The summed E-state index contributed by atoms with van der Waals surface area (Å²) < 4.78 is 0. The summed E-state index contributed by atoms with van der Waals surface area (Å²) in [5.74, 6) is -0.296. The predicted molar refractivity (Wildman–Crippen MR) is 79.0 cm³/mol. The first-order chi connectivity index (χ1) is 9.58. The summed E-state index contributed by atoms with van der Waals surface area (Å²) in [6.45, 7) is 6.68. The van der Waals surface area contributed by atoms with Gasteiger partial charge in [0.25, 0.3) is 5.91 Å². The number of piperidine rings is 1. The van der Waals surface area contributed by atoms with Gasteiger partial charge in [-0.05, 0) is 39.8 Å². The van der Waals surface area contributed by atoms with Crippen LogP contribution in [0.4, 0.5) is 0 Å². The van der Waals surface area contributed by atoms with Crippen LogP contribution in [0.3, 0.4) is 0 Å². The molecule has 1 aliphatic rings. The lowest BCUT2D eigenvalue weighted by Crippen LogP contribution is -2.45. The Labute approximate surface area is 119 Å². The number of rotatable bonds is 4. The second kappa shape index (κ2) is 6.70. The van der Waals surface area contributed by atoms with Gasteiger partial charge in [-0.15, -0.1) is 0 Å². The topological polar surface area (TPSA) is 65.2 Å². The lowest BCUT2D eigenvalue weighted by molar-refractivity contribution is 0.0928.